The second-order valence-corrected chi connectivity index (χ2v) is 5.33. The van der Waals surface area contributed by atoms with Crippen LogP contribution in [-0.4, -0.2) is 19.2 Å². The molecule has 2 heteroatoms. The molecule has 0 aromatic heterocycles. The Kier molecular flexibility index (Phi) is 4.07. The molecule has 1 atom stereocenters. The second kappa shape index (κ2) is 5.57. The molecule has 0 saturated carbocycles. The van der Waals surface area contributed by atoms with Crippen molar-refractivity contribution in [2.45, 2.75) is 45.7 Å². The van der Waals surface area contributed by atoms with E-state index >= 15 is 0 Å². The molecule has 0 aliphatic heterocycles. The minimum absolute atomic E-state index is 0.414. The van der Waals surface area contributed by atoms with Crippen LogP contribution >= 0.6 is 0 Å². The van der Waals surface area contributed by atoms with E-state index in [1.54, 1.807) is 7.11 Å². The van der Waals surface area contributed by atoms with Gasteiger partial charge < -0.3 is 10.1 Å². The summed E-state index contributed by atoms with van der Waals surface area (Å²) in [5, 5.41) is 3.52. The lowest BCUT2D eigenvalue weighted by molar-refractivity contribution is 0.414. The first-order valence-electron chi connectivity index (χ1n) is 6.74. The second-order valence-electron chi connectivity index (χ2n) is 5.33. The molecule has 0 bridgehead atoms. The highest BCUT2D eigenvalue weighted by Crippen LogP contribution is 2.34. The summed E-state index contributed by atoms with van der Waals surface area (Å²) in [5.41, 5.74) is 4.26. The van der Waals surface area contributed by atoms with Gasteiger partial charge >= 0.3 is 0 Å². The Balaban J connectivity index is 2.22. The van der Waals surface area contributed by atoms with Crippen molar-refractivity contribution in [2.75, 3.05) is 7.11 Å². The topological polar surface area (TPSA) is 21.3 Å². The Labute approximate surface area is 110 Å². The maximum absolute atomic E-state index is 5.31. The summed E-state index contributed by atoms with van der Waals surface area (Å²) >= 11 is 0. The van der Waals surface area contributed by atoms with Gasteiger partial charge in [0.2, 0.25) is 0 Å². The van der Waals surface area contributed by atoms with Crippen LogP contribution in [0.15, 0.2) is 24.3 Å². The Bertz CT molecular complexity index is 448. The monoisotopic (exact) mass is 245 g/mol. The summed E-state index contributed by atoms with van der Waals surface area (Å²) in [4.78, 5) is 0. The van der Waals surface area contributed by atoms with Gasteiger partial charge in [0, 0.05) is 12.1 Å². The highest BCUT2D eigenvalue weighted by atomic mass is 16.5. The molecule has 98 valence electrons. The predicted octanol–water partition coefficient (Wildman–Crippen LogP) is 3.41. The van der Waals surface area contributed by atoms with Crippen LogP contribution in [0.5, 0.6) is 5.75 Å². The van der Waals surface area contributed by atoms with Crippen LogP contribution in [0.1, 0.15) is 38.3 Å². The number of hydrogen-bond donors (Lipinski definition) is 1. The molecule has 1 unspecified atom stereocenters. The van der Waals surface area contributed by atoms with E-state index in [1.165, 1.54) is 16.7 Å². The highest BCUT2D eigenvalue weighted by Gasteiger charge is 2.17. The molecule has 1 N–H and O–H groups in total. The average Bonchev–Trinajstić information content (AvgIpc) is 2.70. The molecule has 18 heavy (non-hydrogen) atoms. The van der Waals surface area contributed by atoms with Gasteiger partial charge in [0.05, 0.1) is 7.11 Å². The number of benzene rings is 1. The van der Waals surface area contributed by atoms with Crippen molar-refractivity contribution in [1.82, 2.24) is 5.32 Å². The van der Waals surface area contributed by atoms with Crippen molar-refractivity contribution in [3.8, 4) is 5.75 Å². The predicted molar refractivity (Wildman–Crippen MR) is 77.0 cm³/mol. The molecule has 1 aliphatic carbocycles. The molecule has 1 aromatic carbocycles. The first-order valence-corrected chi connectivity index (χ1v) is 6.74. The van der Waals surface area contributed by atoms with E-state index in [4.69, 9.17) is 4.74 Å². The number of nitrogens with one attached hydrogen (secondary N) is 1. The molecule has 0 saturated heterocycles. The van der Waals surface area contributed by atoms with Crippen LogP contribution < -0.4 is 10.1 Å². The minimum Gasteiger partial charge on any atom is -0.497 e. The molecule has 0 fully saturated rings. The number of aryl methyl sites for hydroxylation is 1. The summed E-state index contributed by atoms with van der Waals surface area (Å²) < 4.78 is 5.31. The van der Waals surface area contributed by atoms with Crippen LogP contribution in [0, 0.1) is 0 Å². The van der Waals surface area contributed by atoms with Crippen molar-refractivity contribution in [2.24, 2.45) is 0 Å². The van der Waals surface area contributed by atoms with E-state index < -0.39 is 0 Å². The molecule has 1 aliphatic rings. The van der Waals surface area contributed by atoms with Crippen molar-refractivity contribution >= 4 is 5.57 Å². The van der Waals surface area contributed by atoms with Gasteiger partial charge in [-0.25, -0.2) is 0 Å². The van der Waals surface area contributed by atoms with E-state index in [2.05, 4.69) is 50.4 Å². The Morgan fingerprint density at radius 2 is 2.00 bits per heavy atom. The maximum atomic E-state index is 5.31. The van der Waals surface area contributed by atoms with Crippen LogP contribution in [0.2, 0.25) is 0 Å². The lowest BCUT2D eigenvalue weighted by atomic mass is 10.0. The van der Waals surface area contributed by atoms with E-state index in [0.29, 0.717) is 12.1 Å². The van der Waals surface area contributed by atoms with Crippen LogP contribution in [0.25, 0.3) is 5.57 Å². The van der Waals surface area contributed by atoms with Gasteiger partial charge in [-0.05, 0) is 48.6 Å². The summed E-state index contributed by atoms with van der Waals surface area (Å²) in [5.74, 6) is 0.950. The Morgan fingerprint density at radius 1 is 1.22 bits per heavy atom. The number of hydrogen-bond acceptors (Lipinski definition) is 2. The van der Waals surface area contributed by atoms with Gasteiger partial charge in [0.1, 0.15) is 5.75 Å². The lowest BCUT2D eigenvalue weighted by Crippen LogP contribution is -2.30. The van der Waals surface area contributed by atoms with Crippen molar-refractivity contribution in [1.29, 1.82) is 0 Å². The van der Waals surface area contributed by atoms with Gasteiger partial charge in [-0.1, -0.05) is 26.0 Å². The van der Waals surface area contributed by atoms with Gasteiger partial charge in [0.25, 0.3) is 0 Å². The Morgan fingerprint density at radius 3 is 2.67 bits per heavy atom. The Hall–Kier alpha value is -1.28. The first-order chi connectivity index (χ1) is 8.60. The van der Waals surface area contributed by atoms with Crippen LogP contribution in [0.3, 0.4) is 0 Å². The summed E-state index contributed by atoms with van der Waals surface area (Å²) in [6.45, 7) is 6.58. The summed E-state index contributed by atoms with van der Waals surface area (Å²) in [6.07, 6.45) is 4.65. The zero-order valence-corrected chi connectivity index (χ0v) is 11.8. The molecule has 0 heterocycles. The van der Waals surface area contributed by atoms with Gasteiger partial charge in [0.15, 0.2) is 0 Å². The van der Waals surface area contributed by atoms with Gasteiger partial charge in [-0.3, -0.25) is 0 Å². The standard InChI is InChI=1S/C16H23NO/c1-11(2)17-12(3)9-14-6-5-13-7-8-15(18-4)10-16(13)14/h7-12,17H,5-6H2,1-4H3/b14-9+. The van der Waals surface area contributed by atoms with Gasteiger partial charge in [-0.2, -0.15) is 0 Å². The van der Waals surface area contributed by atoms with Crippen LogP contribution in [0.4, 0.5) is 0 Å². The molecule has 0 radical (unpaired) electrons. The third-order valence-electron chi connectivity index (χ3n) is 3.37. The molecule has 2 rings (SSSR count). The van der Waals surface area contributed by atoms with Crippen LogP contribution in [-0.2, 0) is 6.42 Å². The van der Waals surface area contributed by atoms with E-state index in [1.807, 2.05) is 0 Å². The summed E-state index contributed by atoms with van der Waals surface area (Å²) in [6, 6.07) is 7.34. The van der Waals surface area contributed by atoms with Crippen molar-refractivity contribution < 1.29 is 4.74 Å². The maximum Gasteiger partial charge on any atom is 0.119 e. The quantitative estimate of drug-likeness (QED) is 0.877. The van der Waals surface area contributed by atoms with E-state index in [-0.39, 0.29) is 0 Å². The minimum atomic E-state index is 0.414. The fourth-order valence-corrected chi connectivity index (χ4v) is 2.65. The first kappa shape index (κ1) is 13.2. The SMILES string of the molecule is COc1ccc2c(c1)/C(=C/C(C)NC(C)C)CC2. The third kappa shape index (κ3) is 2.94. The molecular formula is C16H23NO. The zero-order chi connectivity index (χ0) is 13.1. The molecule has 0 amide bonds. The molecule has 1 aromatic rings. The highest BCUT2D eigenvalue weighted by molar-refractivity contribution is 5.74. The average molecular weight is 245 g/mol. The number of rotatable bonds is 4. The smallest absolute Gasteiger partial charge is 0.119 e. The lowest BCUT2D eigenvalue weighted by Gasteiger charge is -2.14. The fraction of sp³-hybridized carbons (Fsp3) is 0.500. The number of allylic oxidation sites excluding steroid dienone is 1. The normalized spacial score (nSPS) is 18.2. The van der Waals surface area contributed by atoms with E-state index in [9.17, 15) is 0 Å². The largest absolute Gasteiger partial charge is 0.497 e. The van der Waals surface area contributed by atoms with E-state index in [0.717, 1.165) is 18.6 Å². The molecule has 0 spiro atoms. The van der Waals surface area contributed by atoms with Crippen molar-refractivity contribution in [3.05, 3.63) is 35.4 Å². The number of fused-ring (bicyclic) bond motifs is 1. The fourth-order valence-electron chi connectivity index (χ4n) is 2.65. The zero-order valence-electron chi connectivity index (χ0n) is 11.8. The van der Waals surface area contributed by atoms with Gasteiger partial charge in [-0.15, -0.1) is 0 Å². The third-order valence-corrected chi connectivity index (χ3v) is 3.37. The molecule has 2 nitrogen and oxygen atoms in total. The summed E-state index contributed by atoms with van der Waals surface area (Å²) in [7, 11) is 1.73. The number of methoxy groups -OCH3 is 1. The van der Waals surface area contributed by atoms with Crippen molar-refractivity contribution in [3.63, 3.8) is 0 Å². The molecular weight excluding hydrogens is 222 g/mol. The number of ether oxygens (including phenoxy) is 1.